The van der Waals surface area contributed by atoms with Crippen molar-refractivity contribution in [1.29, 1.82) is 0 Å². The predicted molar refractivity (Wildman–Crippen MR) is 105 cm³/mol. The first-order valence-electron chi connectivity index (χ1n) is 9.08. The second-order valence-corrected chi connectivity index (χ2v) is 6.44. The second-order valence-electron chi connectivity index (χ2n) is 6.44. The van der Waals surface area contributed by atoms with Crippen molar-refractivity contribution >= 4 is 5.91 Å². The SMILES string of the molecule is COc1ccc(CCNC(=O)c2ccc(-c3cccc(C(F)(F)F)c3)o2)cc1OC. The molecule has 1 aromatic heterocycles. The molecule has 0 aliphatic carbocycles. The van der Waals surface area contributed by atoms with Gasteiger partial charge in [0, 0.05) is 12.1 Å². The van der Waals surface area contributed by atoms with Gasteiger partial charge in [0.15, 0.2) is 17.3 Å². The lowest BCUT2D eigenvalue weighted by molar-refractivity contribution is -0.137. The summed E-state index contributed by atoms with van der Waals surface area (Å²) in [7, 11) is 3.09. The third-order valence-corrected chi connectivity index (χ3v) is 4.45. The van der Waals surface area contributed by atoms with Crippen LogP contribution >= 0.6 is 0 Å². The van der Waals surface area contributed by atoms with Crippen molar-refractivity contribution in [2.24, 2.45) is 0 Å². The van der Waals surface area contributed by atoms with E-state index in [0.29, 0.717) is 24.5 Å². The molecule has 0 saturated heterocycles. The summed E-state index contributed by atoms with van der Waals surface area (Å²) >= 11 is 0. The van der Waals surface area contributed by atoms with Crippen LogP contribution in [0.5, 0.6) is 11.5 Å². The summed E-state index contributed by atoms with van der Waals surface area (Å²) in [6.45, 7) is 0.341. The molecule has 3 aromatic rings. The number of carbonyl (C=O) groups is 1. The van der Waals surface area contributed by atoms with E-state index in [-0.39, 0.29) is 17.1 Å². The molecule has 0 aliphatic rings. The number of rotatable bonds is 7. The molecular formula is C22H20F3NO4. The summed E-state index contributed by atoms with van der Waals surface area (Å²) in [6.07, 6.45) is -3.90. The van der Waals surface area contributed by atoms with Gasteiger partial charge in [-0.25, -0.2) is 0 Å². The van der Waals surface area contributed by atoms with Gasteiger partial charge in [-0.3, -0.25) is 4.79 Å². The number of alkyl halides is 3. The fourth-order valence-corrected chi connectivity index (χ4v) is 2.91. The fourth-order valence-electron chi connectivity index (χ4n) is 2.91. The Labute approximate surface area is 171 Å². The van der Waals surface area contributed by atoms with E-state index in [9.17, 15) is 18.0 Å². The molecule has 0 atom stereocenters. The zero-order valence-electron chi connectivity index (χ0n) is 16.4. The lowest BCUT2D eigenvalue weighted by Gasteiger charge is -2.10. The first-order valence-corrected chi connectivity index (χ1v) is 9.08. The molecule has 30 heavy (non-hydrogen) atoms. The van der Waals surface area contributed by atoms with Crippen molar-refractivity contribution in [3.63, 3.8) is 0 Å². The molecule has 2 aromatic carbocycles. The van der Waals surface area contributed by atoms with Gasteiger partial charge in [-0.2, -0.15) is 13.2 Å². The molecule has 1 amide bonds. The quantitative estimate of drug-likeness (QED) is 0.588. The molecule has 1 heterocycles. The molecule has 1 N–H and O–H groups in total. The van der Waals surface area contributed by atoms with E-state index in [1.807, 2.05) is 12.1 Å². The highest BCUT2D eigenvalue weighted by atomic mass is 19.4. The number of furan rings is 1. The Bertz CT molecular complexity index is 1030. The van der Waals surface area contributed by atoms with E-state index in [2.05, 4.69) is 5.32 Å². The minimum Gasteiger partial charge on any atom is -0.493 e. The lowest BCUT2D eigenvalue weighted by atomic mass is 10.1. The van der Waals surface area contributed by atoms with Gasteiger partial charge in [0.2, 0.25) is 0 Å². The lowest BCUT2D eigenvalue weighted by Crippen LogP contribution is -2.25. The predicted octanol–water partition coefficient (Wildman–Crippen LogP) is 4.96. The Balaban J connectivity index is 1.62. The van der Waals surface area contributed by atoms with Crippen LogP contribution in [0.4, 0.5) is 13.2 Å². The van der Waals surface area contributed by atoms with Gasteiger partial charge >= 0.3 is 6.18 Å². The van der Waals surface area contributed by atoms with Gasteiger partial charge in [0.05, 0.1) is 19.8 Å². The van der Waals surface area contributed by atoms with Crippen LogP contribution < -0.4 is 14.8 Å². The number of ether oxygens (including phenoxy) is 2. The number of hydrogen-bond acceptors (Lipinski definition) is 4. The number of nitrogens with one attached hydrogen (secondary N) is 1. The molecule has 0 bridgehead atoms. The molecule has 0 aliphatic heterocycles. The highest BCUT2D eigenvalue weighted by Crippen LogP contribution is 2.32. The minimum atomic E-state index is -4.45. The summed E-state index contributed by atoms with van der Waals surface area (Å²) in [5.41, 5.74) is 0.406. The Kier molecular flexibility index (Phi) is 6.34. The molecule has 0 spiro atoms. The Morgan fingerprint density at radius 1 is 1.00 bits per heavy atom. The van der Waals surface area contributed by atoms with E-state index in [4.69, 9.17) is 13.9 Å². The van der Waals surface area contributed by atoms with Gasteiger partial charge in [-0.05, 0) is 48.4 Å². The molecule has 0 fully saturated rings. The van der Waals surface area contributed by atoms with E-state index >= 15 is 0 Å². The average molecular weight is 419 g/mol. The Hall–Kier alpha value is -3.42. The third kappa shape index (κ3) is 4.94. The van der Waals surface area contributed by atoms with Crippen molar-refractivity contribution in [2.45, 2.75) is 12.6 Å². The van der Waals surface area contributed by atoms with Crippen LogP contribution in [0.2, 0.25) is 0 Å². The highest BCUT2D eigenvalue weighted by molar-refractivity contribution is 5.92. The van der Waals surface area contributed by atoms with Crippen molar-refractivity contribution in [1.82, 2.24) is 5.32 Å². The zero-order valence-corrected chi connectivity index (χ0v) is 16.4. The summed E-state index contributed by atoms with van der Waals surface area (Å²) in [5.74, 6) is 0.968. The second kappa shape index (κ2) is 8.94. The van der Waals surface area contributed by atoms with Crippen LogP contribution in [0.15, 0.2) is 59.0 Å². The van der Waals surface area contributed by atoms with Crippen molar-refractivity contribution in [3.05, 3.63) is 71.5 Å². The van der Waals surface area contributed by atoms with E-state index in [1.165, 1.54) is 24.3 Å². The van der Waals surface area contributed by atoms with Gasteiger partial charge in [0.1, 0.15) is 5.76 Å². The monoisotopic (exact) mass is 419 g/mol. The topological polar surface area (TPSA) is 60.7 Å². The summed E-state index contributed by atoms with van der Waals surface area (Å²) in [4.78, 5) is 12.3. The van der Waals surface area contributed by atoms with Gasteiger partial charge in [-0.1, -0.05) is 18.2 Å². The zero-order chi connectivity index (χ0) is 21.7. The van der Waals surface area contributed by atoms with Crippen LogP contribution in [0.3, 0.4) is 0 Å². The molecule has 0 unspecified atom stereocenters. The van der Waals surface area contributed by atoms with E-state index in [1.54, 1.807) is 20.3 Å². The van der Waals surface area contributed by atoms with Crippen LogP contribution in [0.25, 0.3) is 11.3 Å². The van der Waals surface area contributed by atoms with E-state index in [0.717, 1.165) is 17.7 Å². The number of carbonyl (C=O) groups excluding carboxylic acids is 1. The van der Waals surface area contributed by atoms with E-state index < -0.39 is 17.6 Å². The number of halogens is 3. The van der Waals surface area contributed by atoms with Gasteiger partial charge in [-0.15, -0.1) is 0 Å². The molecule has 158 valence electrons. The van der Waals surface area contributed by atoms with Crippen LogP contribution in [0, 0.1) is 0 Å². The van der Waals surface area contributed by atoms with Gasteiger partial charge < -0.3 is 19.2 Å². The fraction of sp³-hybridized carbons (Fsp3) is 0.227. The van der Waals surface area contributed by atoms with Crippen LogP contribution in [-0.2, 0) is 12.6 Å². The number of methoxy groups -OCH3 is 2. The maximum absolute atomic E-state index is 12.9. The molecule has 3 rings (SSSR count). The maximum atomic E-state index is 12.9. The third-order valence-electron chi connectivity index (χ3n) is 4.45. The smallest absolute Gasteiger partial charge is 0.416 e. The average Bonchev–Trinajstić information content (AvgIpc) is 3.23. The van der Waals surface area contributed by atoms with Crippen molar-refractivity contribution < 1.29 is 31.9 Å². The Morgan fingerprint density at radius 2 is 1.77 bits per heavy atom. The number of benzene rings is 2. The standard InChI is InChI=1S/C22H20F3NO4/c1-28-18-7-6-14(12-20(18)29-2)10-11-26-21(27)19-9-8-17(30-19)15-4-3-5-16(13-15)22(23,24)25/h3-9,12-13H,10-11H2,1-2H3,(H,26,27). The van der Waals surface area contributed by atoms with Crippen LogP contribution in [0.1, 0.15) is 21.7 Å². The minimum absolute atomic E-state index is 0.0229. The summed E-state index contributed by atoms with van der Waals surface area (Å²) in [6, 6.07) is 13.1. The highest BCUT2D eigenvalue weighted by Gasteiger charge is 2.30. The molecule has 0 saturated carbocycles. The number of amides is 1. The van der Waals surface area contributed by atoms with Crippen molar-refractivity contribution in [2.75, 3.05) is 20.8 Å². The number of hydrogen-bond donors (Lipinski definition) is 1. The molecular weight excluding hydrogens is 399 g/mol. The van der Waals surface area contributed by atoms with Crippen molar-refractivity contribution in [3.8, 4) is 22.8 Å². The molecule has 8 heteroatoms. The normalized spacial score (nSPS) is 11.2. The molecule has 5 nitrogen and oxygen atoms in total. The van der Waals surface area contributed by atoms with Crippen LogP contribution in [-0.4, -0.2) is 26.7 Å². The summed E-state index contributed by atoms with van der Waals surface area (Å²) < 4.78 is 54.5. The maximum Gasteiger partial charge on any atom is 0.416 e. The Morgan fingerprint density at radius 3 is 2.47 bits per heavy atom. The molecule has 0 radical (unpaired) electrons. The first kappa shape index (κ1) is 21.3. The first-order chi connectivity index (χ1) is 14.3. The van der Waals surface area contributed by atoms with Gasteiger partial charge in [0.25, 0.3) is 5.91 Å². The summed E-state index contributed by atoms with van der Waals surface area (Å²) in [5, 5.41) is 2.73. The largest absolute Gasteiger partial charge is 0.493 e.